The fourth-order valence-electron chi connectivity index (χ4n) is 7.15. The predicted molar refractivity (Wildman–Crippen MR) is 198 cm³/mol. The standard InChI is InChI=1S/C38H47ClN8O4/c1-25-21-28(32-23-41-46(26(32)2)17-20-51-6)7-9-30(25)34-24-40-35(43(34)3)36(48)42-29-8-10-31(33(39)22-29)38(50)45-15-13-44(14-16-45)37(49)27-11-18-47(4,5)19-12-27/h7-10,21-24,27H,11-20H2,1-6H3/p+1. The third-order valence-corrected chi connectivity index (χ3v) is 10.8. The number of carbonyl (C=O) groups excluding carboxylic acids is 3. The molecule has 2 aliphatic heterocycles. The van der Waals surface area contributed by atoms with Crippen LogP contribution in [0.1, 0.15) is 45.1 Å². The highest BCUT2D eigenvalue weighted by Gasteiger charge is 2.35. The van der Waals surface area contributed by atoms with Gasteiger partial charge >= 0.3 is 0 Å². The van der Waals surface area contributed by atoms with E-state index in [1.807, 2.05) is 35.8 Å². The van der Waals surface area contributed by atoms with Crippen LogP contribution in [0.15, 0.2) is 48.8 Å². The first-order chi connectivity index (χ1) is 24.4. The van der Waals surface area contributed by atoms with Gasteiger partial charge in [0.15, 0.2) is 5.82 Å². The maximum absolute atomic E-state index is 13.4. The number of piperazine rings is 1. The number of nitrogens with zero attached hydrogens (tertiary/aromatic N) is 7. The summed E-state index contributed by atoms with van der Waals surface area (Å²) >= 11 is 6.60. The van der Waals surface area contributed by atoms with Crippen LogP contribution in [0.3, 0.4) is 0 Å². The van der Waals surface area contributed by atoms with Crippen molar-refractivity contribution < 1.29 is 23.6 Å². The van der Waals surface area contributed by atoms with Crippen molar-refractivity contribution in [3.05, 3.63) is 76.5 Å². The lowest BCUT2D eigenvalue weighted by Gasteiger charge is -2.40. The average molecular weight is 716 g/mol. The van der Waals surface area contributed by atoms with Gasteiger partial charge < -0.3 is 28.9 Å². The predicted octanol–water partition coefficient (Wildman–Crippen LogP) is 4.89. The molecule has 2 fully saturated rings. The van der Waals surface area contributed by atoms with Gasteiger partial charge in [-0.05, 0) is 43.2 Å². The van der Waals surface area contributed by atoms with Crippen LogP contribution in [0.4, 0.5) is 5.69 Å². The minimum Gasteiger partial charge on any atom is -0.383 e. The molecular weight excluding hydrogens is 668 g/mol. The summed E-state index contributed by atoms with van der Waals surface area (Å²) < 4.78 is 9.87. The van der Waals surface area contributed by atoms with E-state index >= 15 is 0 Å². The Morgan fingerprint density at radius 2 is 1.67 bits per heavy atom. The number of quaternary nitrogens is 1. The normalized spacial score (nSPS) is 16.4. The number of amides is 3. The van der Waals surface area contributed by atoms with Gasteiger partial charge in [-0.15, -0.1) is 0 Å². The molecule has 2 aromatic carbocycles. The van der Waals surface area contributed by atoms with Gasteiger partial charge in [-0.25, -0.2) is 4.98 Å². The van der Waals surface area contributed by atoms with Crippen LogP contribution in [-0.4, -0.2) is 118 Å². The van der Waals surface area contributed by atoms with Gasteiger partial charge in [-0.1, -0.05) is 29.8 Å². The lowest BCUT2D eigenvalue weighted by molar-refractivity contribution is -0.895. The summed E-state index contributed by atoms with van der Waals surface area (Å²) in [6.45, 7) is 9.32. The molecule has 0 atom stereocenters. The third kappa shape index (κ3) is 7.73. The van der Waals surface area contributed by atoms with E-state index < -0.39 is 5.91 Å². The Balaban J connectivity index is 1.07. The molecule has 1 N–H and O–H groups in total. The van der Waals surface area contributed by atoms with Crippen molar-refractivity contribution in [1.82, 2.24) is 29.1 Å². The fourth-order valence-corrected chi connectivity index (χ4v) is 7.41. The zero-order chi connectivity index (χ0) is 36.4. The molecule has 0 aliphatic carbocycles. The van der Waals surface area contributed by atoms with Crippen molar-refractivity contribution in [3.8, 4) is 22.4 Å². The number of nitrogens with one attached hydrogen (secondary N) is 1. The summed E-state index contributed by atoms with van der Waals surface area (Å²) in [5, 5.41) is 7.64. The highest BCUT2D eigenvalue weighted by molar-refractivity contribution is 6.34. The van der Waals surface area contributed by atoms with Gasteiger partial charge in [0.05, 0.1) is 69.0 Å². The number of aryl methyl sites for hydroxylation is 1. The first kappa shape index (κ1) is 36.3. The minimum absolute atomic E-state index is 0.0714. The zero-order valence-corrected chi connectivity index (χ0v) is 31.2. The second kappa shape index (κ2) is 15.0. The molecule has 0 unspecified atom stereocenters. The van der Waals surface area contributed by atoms with Crippen molar-refractivity contribution in [3.63, 3.8) is 0 Å². The van der Waals surface area contributed by atoms with Crippen LogP contribution in [0.5, 0.6) is 0 Å². The smallest absolute Gasteiger partial charge is 0.291 e. The highest BCUT2D eigenvalue weighted by atomic mass is 35.5. The number of aromatic nitrogens is 4. The van der Waals surface area contributed by atoms with E-state index in [1.54, 1.807) is 41.0 Å². The fraction of sp³-hybridized carbons (Fsp3) is 0.447. The number of hydrogen-bond acceptors (Lipinski definition) is 6. The number of benzene rings is 2. The molecule has 0 radical (unpaired) electrons. The molecule has 4 aromatic rings. The number of halogens is 1. The highest BCUT2D eigenvalue weighted by Crippen LogP contribution is 2.31. The Hall–Kier alpha value is -4.52. The number of ether oxygens (including phenoxy) is 1. The van der Waals surface area contributed by atoms with E-state index in [4.69, 9.17) is 16.3 Å². The Bertz CT molecular complexity index is 1930. The van der Waals surface area contributed by atoms with Gasteiger partial charge in [0.25, 0.3) is 11.8 Å². The van der Waals surface area contributed by atoms with Crippen molar-refractivity contribution in [1.29, 1.82) is 0 Å². The molecule has 3 amide bonds. The van der Waals surface area contributed by atoms with Crippen molar-refractivity contribution in [2.24, 2.45) is 13.0 Å². The van der Waals surface area contributed by atoms with Gasteiger partial charge in [0.2, 0.25) is 5.91 Å². The van der Waals surface area contributed by atoms with Crippen LogP contribution in [0.2, 0.25) is 5.02 Å². The van der Waals surface area contributed by atoms with Crippen LogP contribution < -0.4 is 5.32 Å². The maximum atomic E-state index is 13.4. The van der Waals surface area contributed by atoms with E-state index in [2.05, 4.69) is 48.6 Å². The third-order valence-electron chi connectivity index (χ3n) is 10.5. The van der Waals surface area contributed by atoms with Crippen LogP contribution in [-0.2, 0) is 23.1 Å². The van der Waals surface area contributed by atoms with Crippen molar-refractivity contribution in [2.45, 2.75) is 33.2 Å². The van der Waals surface area contributed by atoms with Gasteiger partial charge in [0, 0.05) is 81.6 Å². The molecule has 51 heavy (non-hydrogen) atoms. The van der Waals surface area contributed by atoms with Gasteiger partial charge in [-0.2, -0.15) is 5.10 Å². The molecule has 12 nitrogen and oxygen atoms in total. The first-order valence-corrected chi connectivity index (χ1v) is 17.9. The van der Waals surface area contributed by atoms with Gasteiger partial charge in [0.1, 0.15) is 0 Å². The summed E-state index contributed by atoms with van der Waals surface area (Å²) in [4.78, 5) is 48.0. The largest absolute Gasteiger partial charge is 0.383 e. The Kier molecular flexibility index (Phi) is 10.7. The number of rotatable bonds is 9. The molecule has 2 aliphatic rings. The Morgan fingerprint density at radius 3 is 2.33 bits per heavy atom. The lowest BCUT2D eigenvalue weighted by atomic mass is 9.94. The first-order valence-electron chi connectivity index (χ1n) is 17.5. The average Bonchev–Trinajstić information content (AvgIpc) is 3.68. The summed E-state index contributed by atoms with van der Waals surface area (Å²) in [6, 6.07) is 11.1. The SMILES string of the molecule is COCCn1ncc(-c2ccc(-c3cnc(C(=O)Nc4ccc(C(=O)N5CCN(C(=O)C6CC[N+](C)(C)CC6)CC5)c(Cl)c4)n3C)c(C)c2)c1C. The van der Waals surface area contributed by atoms with Crippen LogP contribution in [0.25, 0.3) is 22.4 Å². The molecule has 270 valence electrons. The minimum atomic E-state index is -0.395. The number of piperidine rings is 1. The number of anilines is 1. The molecule has 13 heteroatoms. The quantitative estimate of drug-likeness (QED) is 0.247. The van der Waals surface area contributed by atoms with E-state index in [0.717, 1.165) is 64.1 Å². The molecule has 0 spiro atoms. The van der Waals surface area contributed by atoms with E-state index in [0.29, 0.717) is 50.6 Å². The molecule has 2 saturated heterocycles. The van der Waals surface area contributed by atoms with Gasteiger partial charge in [-0.3, -0.25) is 19.1 Å². The molecule has 0 saturated carbocycles. The van der Waals surface area contributed by atoms with Crippen molar-refractivity contribution >= 4 is 35.0 Å². The molecular formula is C38H48ClN8O4+. The molecule has 0 bridgehead atoms. The lowest BCUT2D eigenvalue weighted by Crippen LogP contribution is -2.54. The summed E-state index contributed by atoms with van der Waals surface area (Å²) in [5.41, 5.74) is 6.82. The number of likely N-dealkylation sites (tertiary alicyclic amines) is 1. The topological polar surface area (TPSA) is 115 Å². The zero-order valence-electron chi connectivity index (χ0n) is 30.4. The molecule has 4 heterocycles. The molecule has 6 rings (SSSR count). The second-order valence-corrected chi connectivity index (χ2v) is 14.7. The number of carbonyl (C=O) groups is 3. The summed E-state index contributed by atoms with van der Waals surface area (Å²) in [7, 11) is 7.91. The summed E-state index contributed by atoms with van der Waals surface area (Å²) in [6.07, 6.45) is 5.39. The molecule has 2 aromatic heterocycles. The number of methoxy groups -OCH3 is 1. The Labute approximate surface area is 304 Å². The van der Waals surface area contributed by atoms with E-state index in [1.165, 1.54) is 0 Å². The monoisotopic (exact) mass is 715 g/mol. The second-order valence-electron chi connectivity index (χ2n) is 14.3. The van der Waals surface area contributed by atoms with Crippen LogP contribution >= 0.6 is 11.6 Å². The van der Waals surface area contributed by atoms with E-state index in [-0.39, 0.29) is 28.6 Å². The van der Waals surface area contributed by atoms with E-state index in [9.17, 15) is 14.4 Å². The number of hydrogen-bond donors (Lipinski definition) is 1. The number of imidazole rings is 1. The maximum Gasteiger partial charge on any atom is 0.291 e. The van der Waals surface area contributed by atoms with Crippen LogP contribution in [0, 0.1) is 19.8 Å². The summed E-state index contributed by atoms with van der Waals surface area (Å²) in [5.74, 6) is -0.0627. The Morgan fingerprint density at radius 1 is 0.961 bits per heavy atom. The van der Waals surface area contributed by atoms with Crippen molar-refractivity contribution in [2.75, 3.05) is 72.4 Å².